The van der Waals surface area contributed by atoms with Crippen molar-refractivity contribution in [2.24, 2.45) is 0 Å². The van der Waals surface area contributed by atoms with E-state index in [4.69, 9.17) is 4.74 Å². The van der Waals surface area contributed by atoms with Gasteiger partial charge in [-0.2, -0.15) is 5.10 Å². The SMILES string of the molecule is CC(C)Oc1ncnc2ccc(N3CCN(Cc4cnn5c4CCC5)CC3)cc12. The molecule has 0 spiro atoms. The van der Waals surface area contributed by atoms with E-state index < -0.39 is 0 Å². The summed E-state index contributed by atoms with van der Waals surface area (Å²) in [6, 6.07) is 6.41. The number of aryl methyl sites for hydroxylation is 1. The van der Waals surface area contributed by atoms with Crippen LogP contribution < -0.4 is 9.64 Å². The zero-order valence-corrected chi connectivity index (χ0v) is 17.2. The molecule has 0 atom stereocenters. The van der Waals surface area contributed by atoms with Crippen molar-refractivity contribution in [2.45, 2.75) is 45.9 Å². The average molecular weight is 393 g/mol. The number of ether oxygens (including phenoxy) is 1. The molecular formula is C22H28N6O. The summed E-state index contributed by atoms with van der Waals surface area (Å²) in [7, 11) is 0. The maximum atomic E-state index is 5.90. The topological polar surface area (TPSA) is 59.3 Å². The van der Waals surface area contributed by atoms with E-state index >= 15 is 0 Å². The van der Waals surface area contributed by atoms with Crippen LogP contribution in [0.3, 0.4) is 0 Å². The van der Waals surface area contributed by atoms with Crippen LogP contribution in [0, 0.1) is 0 Å². The zero-order valence-electron chi connectivity index (χ0n) is 17.2. The molecule has 0 unspecified atom stereocenters. The highest BCUT2D eigenvalue weighted by atomic mass is 16.5. The van der Waals surface area contributed by atoms with Crippen molar-refractivity contribution >= 4 is 16.6 Å². The van der Waals surface area contributed by atoms with Gasteiger partial charge in [-0.1, -0.05) is 0 Å². The highest BCUT2D eigenvalue weighted by Gasteiger charge is 2.22. The fourth-order valence-electron chi connectivity index (χ4n) is 4.40. The first kappa shape index (κ1) is 18.4. The molecule has 0 amide bonds. The van der Waals surface area contributed by atoms with Crippen LogP contribution in [-0.4, -0.2) is 56.9 Å². The molecule has 2 aliphatic rings. The Morgan fingerprint density at radius 2 is 1.93 bits per heavy atom. The quantitative estimate of drug-likeness (QED) is 0.665. The number of hydrogen-bond acceptors (Lipinski definition) is 6. The molecule has 152 valence electrons. The number of aromatic nitrogens is 4. The molecule has 7 heteroatoms. The normalized spacial score (nSPS) is 17.3. The monoisotopic (exact) mass is 392 g/mol. The highest BCUT2D eigenvalue weighted by Crippen LogP contribution is 2.28. The first-order valence-electron chi connectivity index (χ1n) is 10.6. The Morgan fingerprint density at radius 3 is 2.76 bits per heavy atom. The van der Waals surface area contributed by atoms with E-state index in [2.05, 4.69) is 53.9 Å². The first-order chi connectivity index (χ1) is 14.2. The smallest absolute Gasteiger partial charge is 0.224 e. The third-order valence-electron chi connectivity index (χ3n) is 5.88. The predicted molar refractivity (Wildman–Crippen MR) is 113 cm³/mol. The van der Waals surface area contributed by atoms with Crippen molar-refractivity contribution in [3.8, 4) is 5.88 Å². The van der Waals surface area contributed by atoms with Gasteiger partial charge in [0.25, 0.3) is 0 Å². The Bertz CT molecular complexity index is 1010. The second kappa shape index (κ2) is 7.63. The number of anilines is 1. The van der Waals surface area contributed by atoms with E-state index in [1.54, 1.807) is 6.33 Å². The van der Waals surface area contributed by atoms with Gasteiger partial charge in [0.05, 0.1) is 23.2 Å². The standard InChI is InChI=1S/C22H28N6O/c1-16(2)29-22-19-12-18(5-6-20(19)23-15-24-22)27-10-8-26(9-11-27)14-17-13-25-28-7-3-4-21(17)28/h5-6,12-13,15-16H,3-4,7-11,14H2,1-2H3. The largest absolute Gasteiger partial charge is 0.474 e. The van der Waals surface area contributed by atoms with Gasteiger partial charge in [-0.25, -0.2) is 9.97 Å². The highest BCUT2D eigenvalue weighted by molar-refractivity contribution is 5.86. The molecule has 7 nitrogen and oxygen atoms in total. The van der Waals surface area contributed by atoms with Crippen molar-refractivity contribution in [2.75, 3.05) is 31.1 Å². The van der Waals surface area contributed by atoms with E-state index in [9.17, 15) is 0 Å². The molecule has 1 fully saturated rings. The van der Waals surface area contributed by atoms with Gasteiger partial charge in [0.1, 0.15) is 6.33 Å². The van der Waals surface area contributed by atoms with Crippen molar-refractivity contribution in [3.63, 3.8) is 0 Å². The number of hydrogen-bond donors (Lipinski definition) is 0. The van der Waals surface area contributed by atoms with E-state index in [1.807, 2.05) is 13.8 Å². The molecule has 5 rings (SSSR count). The maximum Gasteiger partial charge on any atom is 0.224 e. The van der Waals surface area contributed by atoms with Gasteiger partial charge in [0.15, 0.2) is 0 Å². The van der Waals surface area contributed by atoms with Crippen LogP contribution in [0.5, 0.6) is 5.88 Å². The van der Waals surface area contributed by atoms with E-state index in [1.165, 1.54) is 29.8 Å². The molecular weight excluding hydrogens is 364 g/mol. The summed E-state index contributed by atoms with van der Waals surface area (Å²) in [5.74, 6) is 0.667. The summed E-state index contributed by atoms with van der Waals surface area (Å²) >= 11 is 0. The van der Waals surface area contributed by atoms with E-state index in [-0.39, 0.29) is 6.10 Å². The van der Waals surface area contributed by atoms with Gasteiger partial charge in [-0.15, -0.1) is 0 Å². The Kier molecular flexibility index (Phi) is 4.83. The predicted octanol–water partition coefficient (Wildman–Crippen LogP) is 2.88. The fourth-order valence-corrected chi connectivity index (χ4v) is 4.40. The number of nitrogens with zero attached hydrogens (tertiary/aromatic N) is 6. The first-order valence-corrected chi connectivity index (χ1v) is 10.6. The lowest BCUT2D eigenvalue weighted by Crippen LogP contribution is -2.46. The van der Waals surface area contributed by atoms with Gasteiger partial charge >= 0.3 is 0 Å². The molecule has 29 heavy (non-hydrogen) atoms. The van der Waals surface area contributed by atoms with Gasteiger partial charge in [-0.3, -0.25) is 9.58 Å². The number of fused-ring (bicyclic) bond motifs is 2. The maximum absolute atomic E-state index is 5.90. The van der Waals surface area contributed by atoms with Crippen molar-refractivity contribution in [3.05, 3.63) is 42.0 Å². The lowest BCUT2D eigenvalue weighted by atomic mass is 10.1. The summed E-state index contributed by atoms with van der Waals surface area (Å²) in [4.78, 5) is 13.7. The summed E-state index contributed by atoms with van der Waals surface area (Å²) in [6.07, 6.45) is 6.14. The second-order valence-electron chi connectivity index (χ2n) is 8.25. The lowest BCUT2D eigenvalue weighted by molar-refractivity contribution is 0.235. The summed E-state index contributed by atoms with van der Waals surface area (Å²) in [5.41, 5.74) is 4.99. The molecule has 0 radical (unpaired) electrons. The minimum Gasteiger partial charge on any atom is -0.474 e. The molecule has 2 aliphatic heterocycles. The minimum atomic E-state index is 0.0885. The molecule has 3 aromatic rings. The van der Waals surface area contributed by atoms with Crippen molar-refractivity contribution in [1.29, 1.82) is 0 Å². The number of rotatable bonds is 5. The van der Waals surface area contributed by atoms with Crippen LogP contribution in [0.1, 0.15) is 31.5 Å². The van der Waals surface area contributed by atoms with Crippen LogP contribution in [0.25, 0.3) is 10.9 Å². The second-order valence-corrected chi connectivity index (χ2v) is 8.25. The molecule has 2 aromatic heterocycles. The van der Waals surface area contributed by atoms with Gasteiger partial charge in [-0.05, 0) is 44.9 Å². The van der Waals surface area contributed by atoms with Crippen LogP contribution in [-0.2, 0) is 19.5 Å². The van der Waals surface area contributed by atoms with Crippen molar-refractivity contribution in [1.82, 2.24) is 24.6 Å². The van der Waals surface area contributed by atoms with E-state index in [0.29, 0.717) is 5.88 Å². The van der Waals surface area contributed by atoms with E-state index in [0.717, 1.165) is 50.2 Å². The summed E-state index contributed by atoms with van der Waals surface area (Å²) < 4.78 is 8.08. The fraction of sp³-hybridized carbons (Fsp3) is 0.500. The number of piperazine rings is 1. The Hall–Kier alpha value is -2.67. The molecule has 1 saturated heterocycles. The molecule has 0 saturated carbocycles. The van der Waals surface area contributed by atoms with Crippen molar-refractivity contribution < 1.29 is 4.74 Å². The Balaban J connectivity index is 1.28. The Labute approximate surface area is 171 Å². The van der Waals surface area contributed by atoms with Crippen LogP contribution >= 0.6 is 0 Å². The van der Waals surface area contributed by atoms with Crippen LogP contribution in [0.15, 0.2) is 30.7 Å². The Morgan fingerprint density at radius 1 is 1.07 bits per heavy atom. The molecule has 0 bridgehead atoms. The summed E-state index contributed by atoms with van der Waals surface area (Å²) in [6.45, 7) is 10.3. The average Bonchev–Trinajstić information content (AvgIpc) is 3.33. The molecule has 1 aromatic carbocycles. The minimum absolute atomic E-state index is 0.0885. The van der Waals surface area contributed by atoms with Gasteiger partial charge in [0.2, 0.25) is 5.88 Å². The molecule has 0 N–H and O–H groups in total. The third kappa shape index (κ3) is 3.67. The molecule has 0 aliphatic carbocycles. The molecule has 4 heterocycles. The van der Waals surface area contributed by atoms with Gasteiger partial charge in [0, 0.05) is 56.2 Å². The van der Waals surface area contributed by atoms with Crippen LogP contribution in [0.4, 0.5) is 5.69 Å². The number of benzene rings is 1. The van der Waals surface area contributed by atoms with Gasteiger partial charge < -0.3 is 9.64 Å². The lowest BCUT2D eigenvalue weighted by Gasteiger charge is -2.36. The third-order valence-corrected chi connectivity index (χ3v) is 5.88. The summed E-state index contributed by atoms with van der Waals surface area (Å²) in [5, 5.41) is 5.52. The van der Waals surface area contributed by atoms with Crippen LogP contribution in [0.2, 0.25) is 0 Å². The zero-order chi connectivity index (χ0) is 19.8.